The number of aryl methyl sites for hydroxylation is 1. The summed E-state index contributed by atoms with van der Waals surface area (Å²) in [5.74, 6) is 0.687. The molecule has 0 radical (unpaired) electrons. The van der Waals surface area contributed by atoms with Gasteiger partial charge in [0.1, 0.15) is 6.61 Å². The van der Waals surface area contributed by atoms with Crippen molar-refractivity contribution >= 4 is 12.1 Å². The van der Waals surface area contributed by atoms with Gasteiger partial charge in [-0.3, -0.25) is 4.79 Å². The van der Waals surface area contributed by atoms with Gasteiger partial charge in [0.25, 0.3) is 0 Å². The number of carboxylic acids is 1. The third-order valence-electron chi connectivity index (χ3n) is 8.24. The van der Waals surface area contributed by atoms with Crippen LogP contribution in [-0.2, 0) is 26.3 Å². The number of nitrogens with zero attached hydrogens (tertiary/aromatic N) is 2. The summed E-state index contributed by atoms with van der Waals surface area (Å²) in [7, 11) is 1.78. The van der Waals surface area contributed by atoms with E-state index in [2.05, 4.69) is 24.2 Å². The molecule has 2 saturated carbocycles. The van der Waals surface area contributed by atoms with E-state index in [9.17, 15) is 14.7 Å². The van der Waals surface area contributed by atoms with E-state index in [1.54, 1.807) is 11.9 Å². The van der Waals surface area contributed by atoms with E-state index >= 15 is 0 Å². The largest absolute Gasteiger partial charge is 0.481 e. The van der Waals surface area contributed by atoms with Crippen LogP contribution in [0.5, 0.6) is 0 Å². The number of aromatic nitrogens is 1. The molecule has 1 N–H and O–H groups in total. The summed E-state index contributed by atoms with van der Waals surface area (Å²) >= 11 is 0. The number of carbonyl (C=O) groups excluding carboxylic acids is 1. The van der Waals surface area contributed by atoms with Crippen molar-refractivity contribution in [3.05, 3.63) is 41.1 Å². The predicted molar refractivity (Wildman–Crippen MR) is 128 cm³/mol. The summed E-state index contributed by atoms with van der Waals surface area (Å²) < 4.78 is 17.3. The lowest BCUT2D eigenvalue weighted by atomic mass is 9.76. The van der Waals surface area contributed by atoms with E-state index in [4.69, 9.17) is 14.0 Å². The van der Waals surface area contributed by atoms with Crippen molar-refractivity contribution in [2.24, 2.45) is 11.8 Å². The maximum atomic E-state index is 12.4. The lowest BCUT2D eigenvalue weighted by molar-refractivity contribution is -0.143. The fraction of sp³-hybridized carbons (Fsp3) is 0.593. The van der Waals surface area contributed by atoms with Crippen molar-refractivity contribution in [1.29, 1.82) is 0 Å². The minimum absolute atomic E-state index is 0.0846. The number of benzene rings is 1. The number of hydrogen-bond acceptors (Lipinski definition) is 6. The Morgan fingerprint density at radius 2 is 1.97 bits per heavy atom. The van der Waals surface area contributed by atoms with Crippen molar-refractivity contribution in [1.82, 2.24) is 10.1 Å². The molecule has 8 nitrogen and oxygen atoms in total. The minimum atomic E-state index is -0.797. The summed E-state index contributed by atoms with van der Waals surface area (Å²) in [6.07, 6.45) is 5.09. The quantitative estimate of drug-likeness (QED) is 0.569. The zero-order chi connectivity index (χ0) is 24.8. The Morgan fingerprint density at radius 3 is 2.60 bits per heavy atom. The number of fused-ring (bicyclic) bond motifs is 1. The monoisotopic (exact) mass is 482 g/mol. The molecule has 3 unspecified atom stereocenters. The van der Waals surface area contributed by atoms with E-state index in [1.165, 1.54) is 19.3 Å². The Morgan fingerprint density at radius 1 is 1.23 bits per heavy atom. The standard InChI is InChI=1S/C27H34N2O6/c1-17-22(15-33-25(32)29(3)14-18-5-4-6-18)24(35-28-17)19-7-9-20(10-8-19)26(2)11-21-12-27(21,34-16-26)13-23(30)31/h7-10,18,21H,4-6,11-16H2,1-3H3,(H,30,31). The predicted octanol–water partition coefficient (Wildman–Crippen LogP) is 4.93. The Bertz CT molecular complexity index is 1110. The summed E-state index contributed by atoms with van der Waals surface area (Å²) in [6.45, 7) is 5.37. The number of aliphatic carboxylic acids is 1. The molecular weight excluding hydrogens is 448 g/mol. The lowest BCUT2D eigenvalue weighted by Crippen LogP contribution is -2.39. The second-order valence-electron chi connectivity index (χ2n) is 11.0. The molecule has 3 aliphatic rings. The molecule has 8 heteroatoms. The molecule has 1 aromatic carbocycles. The molecule has 3 atom stereocenters. The van der Waals surface area contributed by atoms with Crippen LogP contribution in [0.3, 0.4) is 0 Å². The molecular formula is C27H34N2O6. The van der Waals surface area contributed by atoms with Crippen molar-refractivity contribution in [2.45, 2.75) is 70.0 Å². The Kier molecular flexibility index (Phi) is 6.11. The molecule has 1 amide bonds. The first-order chi connectivity index (χ1) is 16.7. The summed E-state index contributed by atoms with van der Waals surface area (Å²) in [6, 6.07) is 8.15. The molecule has 2 heterocycles. The Labute approximate surface area is 205 Å². The molecule has 0 spiro atoms. The molecule has 1 saturated heterocycles. The van der Waals surface area contributed by atoms with Gasteiger partial charge < -0.3 is 24.0 Å². The molecule has 2 aliphatic carbocycles. The highest BCUT2D eigenvalue weighted by Crippen LogP contribution is 2.59. The van der Waals surface area contributed by atoms with Gasteiger partial charge in [-0.15, -0.1) is 0 Å². The van der Waals surface area contributed by atoms with Crippen LogP contribution in [0.15, 0.2) is 28.8 Å². The van der Waals surface area contributed by atoms with E-state index < -0.39 is 11.6 Å². The molecule has 35 heavy (non-hydrogen) atoms. The van der Waals surface area contributed by atoms with Gasteiger partial charge in [0.15, 0.2) is 5.76 Å². The first-order valence-electron chi connectivity index (χ1n) is 12.5. The van der Waals surface area contributed by atoms with Crippen LogP contribution in [-0.4, -0.2) is 53.0 Å². The fourth-order valence-corrected chi connectivity index (χ4v) is 5.61. The topological polar surface area (TPSA) is 102 Å². The zero-order valence-corrected chi connectivity index (χ0v) is 20.7. The average molecular weight is 483 g/mol. The first kappa shape index (κ1) is 23.9. The van der Waals surface area contributed by atoms with Crippen LogP contribution >= 0.6 is 0 Å². The summed E-state index contributed by atoms with van der Waals surface area (Å²) in [5, 5.41) is 13.3. The van der Waals surface area contributed by atoms with Gasteiger partial charge in [0.2, 0.25) is 0 Å². The van der Waals surface area contributed by atoms with Crippen LogP contribution in [0.2, 0.25) is 0 Å². The van der Waals surface area contributed by atoms with Crippen LogP contribution in [0.4, 0.5) is 4.79 Å². The van der Waals surface area contributed by atoms with E-state index in [0.29, 0.717) is 24.0 Å². The first-order valence-corrected chi connectivity index (χ1v) is 12.5. The molecule has 2 aromatic rings. The summed E-state index contributed by atoms with van der Waals surface area (Å²) in [4.78, 5) is 25.3. The highest BCUT2D eigenvalue weighted by molar-refractivity contribution is 5.69. The third kappa shape index (κ3) is 4.68. The van der Waals surface area contributed by atoms with Crippen LogP contribution in [0.25, 0.3) is 11.3 Å². The SMILES string of the molecule is Cc1noc(-c2ccc(C3(C)COC4(CC(=O)O)CC4C3)cc2)c1COC(=O)N(C)CC1CCC1. The van der Waals surface area contributed by atoms with Crippen LogP contribution in [0.1, 0.15) is 62.3 Å². The number of hydrogen-bond donors (Lipinski definition) is 1. The number of ether oxygens (including phenoxy) is 2. The van der Waals surface area contributed by atoms with E-state index in [-0.39, 0.29) is 30.5 Å². The van der Waals surface area contributed by atoms with Gasteiger partial charge in [-0.05, 0) is 50.0 Å². The molecule has 1 aliphatic heterocycles. The van der Waals surface area contributed by atoms with E-state index in [0.717, 1.165) is 36.1 Å². The number of carboxylic acid groups (broad SMARTS) is 1. The Hall–Kier alpha value is -2.87. The van der Waals surface area contributed by atoms with Gasteiger partial charge in [0.05, 0.1) is 29.9 Å². The summed E-state index contributed by atoms with van der Waals surface area (Å²) in [5.41, 5.74) is 2.87. The maximum absolute atomic E-state index is 12.4. The van der Waals surface area contributed by atoms with Crippen LogP contribution in [0, 0.1) is 18.8 Å². The number of carbonyl (C=O) groups is 2. The molecule has 0 bridgehead atoms. The molecule has 5 rings (SSSR count). The molecule has 3 fully saturated rings. The van der Waals surface area contributed by atoms with Gasteiger partial charge in [0, 0.05) is 24.6 Å². The fourth-order valence-electron chi connectivity index (χ4n) is 5.61. The molecule has 1 aromatic heterocycles. The number of amides is 1. The maximum Gasteiger partial charge on any atom is 0.409 e. The minimum Gasteiger partial charge on any atom is -0.481 e. The van der Waals surface area contributed by atoms with Crippen molar-refractivity contribution in [2.75, 3.05) is 20.2 Å². The average Bonchev–Trinajstić information content (AvgIpc) is 3.35. The second kappa shape index (κ2) is 8.97. The second-order valence-corrected chi connectivity index (χ2v) is 11.0. The van der Waals surface area contributed by atoms with Crippen molar-refractivity contribution in [3.8, 4) is 11.3 Å². The van der Waals surface area contributed by atoms with Crippen LogP contribution < -0.4 is 0 Å². The van der Waals surface area contributed by atoms with Gasteiger partial charge in [-0.2, -0.15) is 0 Å². The highest BCUT2D eigenvalue weighted by atomic mass is 16.6. The number of rotatable bonds is 8. The van der Waals surface area contributed by atoms with Gasteiger partial charge in [-0.1, -0.05) is 42.8 Å². The van der Waals surface area contributed by atoms with E-state index in [1.807, 2.05) is 19.1 Å². The van der Waals surface area contributed by atoms with Crippen molar-refractivity contribution in [3.63, 3.8) is 0 Å². The Balaban J connectivity index is 1.24. The third-order valence-corrected chi connectivity index (χ3v) is 8.24. The zero-order valence-electron chi connectivity index (χ0n) is 20.7. The lowest BCUT2D eigenvalue weighted by Gasteiger charge is -2.37. The van der Waals surface area contributed by atoms with Gasteiger partial charge >= 0.3 is 12.1 Å². The molecule has 188 valence electrons. The smallest absolute Gasteiger partial charge is 0.409 e. The van der Waals surface area contributed by atoms with Gasteiger partial charge in [-0.25, -0.2) is 4.79 Å². The highest BCUT2D eigenvalue weighted by Gasteiger charge is 2.62. The normalized spacial score (nSPS) is 27.6. The van der Waals surface area contributed by atoms with Crippen molar-refractivity contribution < 1.29 is 28.7 Å².